The highest BCUT2D eigenvalue weighted by molar-refractivity contribution is 8.18. The number of ether oxygens (including phenoxy) is 1. The minimum Gasteiger partial charge on any atom is -0.465 e. The Kier molecular flexibility index (Phi) is 6.45. The molecule has 3 rings (SSSR count). The molecule has 1 fully saturated rings. The van der Waals surface area contributed by atoms with E-state index in [9.17, 15) is 9.59 Å². The lowest BCUT2D eigenvalue weighted by Gasteiger charge is -2.12. The number of esters is 1. The normalized spacial score (nSPS) is 17.1. The Morgan fingerprint density at radius 1 is 1.14 bits per heavy atom. The molecule has 0 spiro atoms. The van der Waals surface area contributed by atoms with E-state index >= 15 is 0 Å². The van der Waals surface area contributed by atoms with Crippen molar-refractivity contribution >= 4 is 40.6 Å². The molecule has 2 aromatic carbocycles. The lowest BCUT2D eigenvalue weighted by molar-refractivity contribution is -0.122. The fourth-order valence-electron chi connectivity index (χ4n) is 2.60. The van der Waals surface area contributed by atoms with Crippen molar-refractivity contribution in [1.82, 2.24) is 4.90 Å². The van der Waals surface area contributed by atoms with Crippen LogP contribution in [-0.4, -0.2) is 35.6 Å². The Balaban J connectivity index is 1.79. The molecule has 0 atom stereocenters. The second-order valence-corrected chi connectivity index (χ2v) is 6.89. The van der Waals surface area contributed by atoms with Crippen LogP contribution in [0.15, 0.2) is 76.6 Å². The largest absolute Gasteiger partial charge is 0.465 e. The third-order valence-corrected chi connectivity index (χ3v) is 5.08. The highest BCUT2D eigenvalue weighted by atomic mass is 32.2. The Morgan fingerprint density at radius 2 is 1.86 bits per heavy atom. The Morgan fingerprint density at radius 3 is 2.50 bits per heavy atom. The molecule has 0 radical (unpaired) electrons. The zero-order chi connectivity index (χ0) is 19.9. The van der Waals surface area contributed by atoms with Crippen LogP contribution in [0.2, 0.25) is 0 Å². The fraction of sp³-hybridized carbons (Fsp3) is 0.136. The maximum Gasteiger partial charge on any atom is 0.337 e. The summed E-state index contributed by atoms with van der Waals surface area (Å²) >= 11 is 1.34. The number of rotatable bonds is 5. The van der Waals surface area contributed by atoms with Gasteiger partial charge in [-0.25, -0.2) is 9.79 Å². The number of nitrogens with zero attached hydrogens (tertiary/aromatic N) is 2. The molecule has 5 nitrogen and oxygen atoms in total. The molecule has 2 aromatic rings. The summed E-state index contributed by atoms with van der Waals surface area (Å²) < 4.78 is 4.70. The first-order valence-electron chi connectivity index (χ1n) is 8.82. The number of aliphatic imine (C=N–C) groups is 1. The maximum atomic E-state index is 12.6. The molecule has 0 saturated carbocycles. The number of benzene rings is 2. The average molecular weight is 392 g/mol. The number of methoxy groups -OCH3 is 1. The van der Waals surface area contributed by atoms with Gasteiger partial charge in [-0.05, 0) is 54.6 Å². The number of thioether (sulfide) groups is 1. The lowest BCUT2D eigenvalue weighted by atomic mass is 10.2. The first-order chi connectivity index (χ1) is 13.6. The van der Waals surface area contributed by atoms with Gasteiger partial charge < -0.3 is 4.74 Å². The number of allylic oxidation sites excluding steroid dienone is 2. The Hall–Kier alpha value is -3.12. The van der Waals surface area contributed by atoms with Crippen molar-refractivity contribution in [3.05, 3.63) is 82.8 Å². The summed E-state index contributed by atoms with van der Waals surface area (Å²) in [6.45, 7) is 2.45. The van der Waals surface area contributed by atoms with E-state index < -0.39 is 5.97 Å². The molecule has 0 aliphatic carbocycles. The van der Waals surface area contributed by atoms with E-state index in [0.29, 0.717) is 27.9 Å². The SMILES string of the molecule is CCN1C(=O)/C(=C\C=C\c2ccccc2)SC1=Nc1ccc(C(=O)OC)cc1. The topological polar surface area (TPSA) is 59.0 Å². The van der Waals surface area contributed by atoms with Gasteiger partial charge in [0.25, 0.3) is 5.91 Å². The zero-order valence-electron chi connectivity index (χ0n) is 15.7. The number of hydrogen-bond acceptors (Lipinski definition) is 5. The van der Waals surface area contributed by atoms with Gasteiger partial charge in [0.2, 0.25) is 0 Å². The molecular weight excluding hydrogens is 372 g/mol. The van der Waals surface area contributed by atoms with E-state index in [2.05, 4.69) is 4.99 Å². The van der Waals surface area contributed by atoms with Gasteiger partial charge >= 0.3 is 5.97 Å². The van der Waals surface area contributed by atoms with Crippen LogP contribution in [0, 0.1) is 0 Å². The summed E-state index contributed by atoms with van der Waals surface area (Å²) in [4.78, 5) is 31.0. The summed E-state index contributed by atoms with van der Waals surface area (Å²) in [6, 6.07) is 16.7. The van der Waals surface area contributed by atoms with Crippen molar-refractivity contribution in [2.45, 2.75) is 6.92 Å². The van der Waals surface area contributed by atoms with E-state index in [4.69, 9.17) is 4.74 Å². The van der Waals surface area contributed by atoms with Crippen LogP contribution in [0.3, 0.4) is 0 Å². The second-order valence-electron chi connectivity index (χ2n) is 5.89. The van der Waals surface area contributed by atoms with Crippen LogP contribution < -0.4 is 0 Å². The van der Waals surface area contributed by atoms with Crippen LogP contribution in [-0.2, 0) is 9.53 Å². The molecule has 1 amide bonds. The fourth-order valence-corrected chi connectivity index (χ4v) is 3.61. The molecule has 0 unspecified atom stereocenters. The van der Waals surface area contributed by atoms with Gasteiger partial charge in [0.1, 0.15) is 0 Å². The third kappa shape index (κ3) is 4.58. The highest BCUT2D eigenvalue weighted by Crippen LogP contribution is 2.32. The molecule has 0 bridgehead atoms. The minimum absolute atomic E-state index is 0.0601. The number of likely N-dealkylation sites (N-methyl/N-ethyl adjacent to an activating group) is 1. The van der Waals surface area contributed by atoms with Crippen molar-refractivity contribution in [2.24, 2.45) is 4.99 Å². The van der Waals surface area contributed by atoms with Crippen LogP contribution in [0.5, 0.6) is 0 Å². The van der Waals surface area contributed by atoms with Crippen molar-refractivity contribution in [3.8, 4) is 0 Å². The standard InChI is InChI=1S/C22H20N2O3S/c1-3-24-20(25)19(11-7-10-16-8-5-4-6-9-16)28-22(24)23-18-14-12-17(13-15-18)21(26)27-2/h4-15H,3H2,1-2H3/b10-7+,19-11+,23-22?. The van der Waals surface area contributed by atoms with Gasteiger partial charge in [0.15, 0.2) is 5.17 Å². The summed E-state index contributed by atoms with van der Waals surface area (Å²) in [5, 5.41) is 0.623. The van der Waals surface area contributed by atoms with E-state index in [1.54, 1.807) is 29.2 Å². The highest BCUT2D eigenvalue weighted by Gasteiger charge is 2.31. The quantitative estimate of drug-likeness (QED) is 0.549. The first kappa shape index (κ1) is 19.6. The Bertz CT molecular complexity index is 948. The van der Waals surface area contributed by atoms with Crippen molar-refractivity contribution in [2.75, 3.05) is 13.7 Å². The second kappa shape index (κ2) is 9.19. The molecule has 0 N–H and O–H groups in total. The molecule has 28 heavy (non-hydrogen) atoms. The predicted molar refractivity (Wildman–Crippen MR) is 113 cm³/mol. The molecular formula is C22H20N2O3S. The van der Waals surface area contributed by atoms with Crippen LogP contribution in [0.25, 0.3) is 6.08 Å². The van der Waals surface area contributed by atoms with Gasteiger partial charge in [0, 0.05) is 6.54 Å². The van der Waals surface area contributed by atoms with Gasteiger partial charge in [-0.2, -0.15) is 0 Å². The molecule has 6 heteroatoms. The molecule has 1 saturated heterocycles. The lowest BCUT2D eigenvalue weighted by Crippen LogP contribution is -2.28. The van der Waals surface area contributed by atoms with Gasteiger partial charge in [-0.3, -0.25) is 9.69 Å². The predicted octanol–water partition coefficient (Wildman–Crippen LogP) is 4.65. The molecule has 1 heterocycles. The summed E-state index contributed by atoms with van der Waals surface area (Å²) in [5.41, 5.74) is 2.20. The average Bonchev–Trinajstić information content (AvgIpc) is 3.03. The van der Waals surface area contributed by atoms with Crippen LogP contribution in [0.1, 0.15) is 22.8 Å². The molecule has 1 aliphatic heterocycles. The van der Waals surface area contributed by atoms with Crippen molar-refractivity contribution in [1.29, 1.82) is 0 Å². The van der Waals surface area contributed by atoms with Gasteiger partial charge in [-0.15, -0.1) is 0 Å². The van der Waals surface area contributed by atoms with Crippen LogP contribution in [0.4, 0.5) is 5.69 Å². The van der Waals surface area contributed by atoms with E-state index in [1.807, 2.05) is 55.5 Å². The molecule has 142 valence electrons. The monoisotopic (exact) mass is 392 g/mol. The van der Waals surface area contributed by atoms with E-state index in [0.717, 1.165) is 5.56 Å². The van der Waals surface area contributed by atoms with Crippen molar-refractivity contribution in [3.63, 3.8) is 0 Å². The van der Waals surface area contributed by atoms with Crippen molar-refractivity contribution < 1.29 is 14.3 Å². The number of amidine groups is 1. The third-order valence-electron chi connectivity index (χ3n) is 4.05. The summed E-state index contributed by atoms with van der Waals surface area (Å²) in [6.07, 6.45) is 5.64. The molecule has 1 aliphatic rings. The smallest absolute Gasteiger partial charge is 0.337 e. The van der Waals surface area contributed by atoms with Gasteiger partial charge in [-0.1, -0.05) is 42.5 Å². The first-order valence-corrected chi connectivity index (χ1v) is 9.64. The van der Waals surface area contributed by atoms with E-state index in [-0.39, 0.29) is 5.91 Å². The number of carbonyl (C=O) groups excluding carboxylic acids is 2. The van der Waals surface area contributed by atoms with Crippen LogP contribution >= 0.6 is 11.8 Å². The number of amides is 1. The van der Waals surface area contributed by atoms with E-state index in [1.165, 1.54) is 18.9 Å². The molecule has 0 aromatic heterocycles. The number of carbonyl (C=O) groups is 2. The number of hydrogen-bond donors (Lipinski definition) is 0. The zero-order valence-corrected chi connectivity index (χ0v) is 16.5. The Labute approximate surface area is 168 Å². The summed E-state index contributed by atoms with van der Waals surface area (Å²) in [7, 11) is 1.34. The summed E-state index contributed by atoms with van der Waals surface area (Å²) in [5.74, 6) is -0.453. The minimum atomic E-state index is -0.393. The maximum absolute atomic E-state index is 12.6. The van der Waals surface area contributed by atoms with Gasteiger partial charge in [0.05, 0.1) is 23.3 Å².